The second-order valence-corrected chi connectivity index (χ2v) is 6.48. The smallest absolute Gasteiger partial charge is 0.169 e. The van der Waals surface area contributed by atoms with Crippen molar-refractivity contribution in [2.45, 2.75) is 46.0 Å². The van der Waals surface area contributed by atoms with E-state index < -0.39 is 0 Å². The maximum atomic E-state index is 13.1. The number of carbonyl (C=O) groups excluding carboxylic acids is 1. The first-order valence-electron chi connectivity index (χ1n) is 7.79. The van der Waals surface area contributed by atoms with Crippen molar-refractivity contribution < 1.29 is 14.3 Å². The minimum absolute atomic E-state index is 0.173. The molecule has 1 fully saturated rings. The number of rotatable bonds is 6. The van der Waals surface area contributed by atoms with Crippen molar-refractivity contribution in [2.24, 2.45) is 11.3 Å². The molecule has 0 amide bonds. The van der Waals surface area contributed by atoms with Crippen LogP contribution in [0.4, 0.5) is 0 Å². The molecule has 3 nitrogen and oxygen atoms in total. The lowest BCUT2D eigenvalue weighted by Crippen LogP contribution is -2.30. The van der Waals surface area contributed by atoms with Crippen LogP contribution in [0.15, 0.2) is 18.2 Å². The molecule has 116 valence electrons. The van der Waals surface area contributed by atoms with Gasteiger partial charge in [0.2, 0.25) is 0 Å². The molecule has 21 heavy (non-hydrogen) atoms. The van der Waals surface area contributed by atoms with E-state index in [0.29, 0.717) is 17.4 Å². The molecule has 0 bridgehead atoms. The van der Waals surface area contributed by atoms with Gasteiger partial charge in [0.25, 0.3) is 0 Å². The molecule has 1 aliphatic rings. The van der Waals surface area contributed by atoms with E-state index in [0.717, 1.165) is 37.7 Å². The van der Waals surface area contributed by atoms with Gasteiger partial charge >= 0.3 is 0 Å². The van der Waals surface area contributed by atoms with Gasteiger partial charge in [-0.15, -0.1) is 0 Å². The minimum atomic E-state index is -0.173. The number of methoxy groups -OCH3 is 2. The van der Waals surface area contributed by atoms with Gasteiger partial charge in [0, 0.05) is 11.0 Å². The van der Waals surface area contributed by atoms with Crippen LogP contribution in [0.25, 0.3) is 0 Å². The first-order chi connectivity index (χ1) is 10.0. The van der Waals surface area contributed by atoms with Crippen LogP contribution in [0.3, 0.4) is 0 Å². The average molecular weight is 290 g/mol. The lowest BCUT2D eigenvalue weighted by Gasteiger charge is -2.29. The quantitative estimate of drug-likeness (QED) is 0.724. The SMILES string of the molecule is COc1ccc(C(=O)C2(CC(C)C)CCCC2)cc1OC. The van der Waals surface area contributed by atoms with E-state index in [2.05, 4.69) is 13.8 Å². The van der Waals surface area contributed by atoms with Crippen molar-refractivity contribution in [3.05, 3.63) is 23.8 Å². The minimum Gasteiger partial charge on any atom is -0.493 e. The first-order valence-corrected chi connectivity index (χ1v) is 7.79. The number of Topliss-reactive ketones (excluding diaryl/α,β-unsaturated/α-hetero) is 1. The van der Waals surface area contributed by atoms with Gasteiger partial charge in [0.05, 0.1) is 14.2 Å². The Morgan fingerprint density at radius 1 is 1.14 bits per heavy atom. The van der Waals surface area contributed by atoms with Crippen LogP contribution < -0.4 is 9.47 Å². The molecule has 1 aliphatic carbocycles. The molecule has 0 heterocycles. The van der Waals surface area contributed by atoms with E-state index >= 15 is 0 Å². The van der Waals surface area contributed by atoms with Crippen molar-refractivity contribution in [2.75, 3.05) is 14.2 Å². The molecule has 0 aromatic heterocycles. The van der Waals surface area contributed by atoms with Gasteiger partial charge in [0.15, 0.2) is 17.3 Å². The summed E-state index contributed by atoms with van der Waals surface area (Å²) >= 11 is 0. The summed E-state index contributed by atoms with van der Waals surface area (Å²) in [4.78, 5) is 13.1. The van der Waals surface area contributed by atoms with E-state index in [1.165, 1.54) is 0 Å². The Morgan fingerprint density at radius 3 is 2.29 bits per heavy atom. The summed E-state index contributed by atoms with van der Waals surface area (Å²) in [6.07, 6.45) is 5.31. The van der Waals surface area contributed by atoms with E-state index in [1.54, 1.807) is 14.2 Å². The number of hydrogen-bond acceptors (Lipinski definition) is 3. The third-order valence-electron chi connectivity index (χ3n) is 4.49. The standard InChI is InChI=1S/C18H26O3/c1-13(2)12-18(9-5-6-10-18)17(19)14-7-8-15(20-3)16(11-14)21-4/h7-8,11,13H,5-6,9-10,12H2,1-4H3. The van der Waals surface area contributed by atoms with E-state index in [1.807, 2.05) is 18.2 Å². The average Bonchev–Trinajstić information content (AvgIpc) is 2.94. The molecule has 0 spiro atoms. The first kappa shape index (κ1) is 15.9. The fourth-order valence-electron chi connectivity index (χ4n) is 3.64. The molecular weight excluding hydrogens is 264 g/mol. The number of ketones is 1. The second kappa shape index (κ2) is 6.50. The van der Waals surface area contributed by atoms with Crippen LogP contribution in [0, 0.1) is 11.3 Å². The molecule has 0 saturated heterocycles. The van der Waals surface area contributed by atoms with Crippen molar-refractivity contribution in [3.63, 3.8) is 0 Å². The highest BCUT2D eigenvalue weighted by atomic mass is 16.5. The van der Waals surface area contributed by atoms with Gasteiger partial charge in [-0.05, 0) is 43.4 Å². The molecule has 0 aliphatic heterocycles. The Kier molecular flexibility index (Phi) is 4.92. The van der Waals surface area contributed by atoms with Crippen molar-refractivity contribution >= 4 is 5.78 Å². The highest BCUT2D eigenvalue weighted by Gasteiger charge is 2.41. The molecule has 1 aromatic carbocycles. The summed E-state index contributed by atoms with van der Waals surface area (Å²) in [5.74, 6) is 2.10. The molecule has 0 atom stereocenters. The van der Waals surface area contributed by atoms with Crippen molar-refractivity contribution in [3.8, 4) is 11.5 Å². The maximum absolute atomic E-state index is 13.1. The summed E-state index contributed by atoms with van der Waals surface area (Å²) in [5, 5.41) is 0. The number of ether oxygens (including phenoxy) is 2. The van der Waals surface area contributed by atoms with Crippen molar-refractivity contribution in [1.82, 2.24) is 0 Å². The summed E-state index contributed by atoms with van der Waals surface area (Å²) in [6, 6.07) is 5.51. The molecule has 0 radical (unpaired) electrons. The van der Waals surface area contributed by atoms with Crippen LogP contribution in [-0.2, 0) is 0 Å². The number of benzene rings is 1. The fourth-order valence-corrected chi connectivity index (χ4v) is 3.64. The molecular formula is C18H26O3. The van der Waals surface area contributed by atoms with Gasteiger partial charge in [-0.3, -0.25) is 4.79 Å². The van der Waals surface area contributed by atoms with Gasteiger partial charge in [-0.2, -0.15) is 0 Å². The predicted molar refractivity (Wildman–Crippen MR) is 84.2 cm³/mol. The molecule has 0 unspecified atom stereocenters. The molecule has 1 aromatic rings. The van der Waals surface area contributed by atoms with Crippen LogP contribution in [-0.4, -0.2) is 20.0 Å². The Labute approximate surface area is 127 Å². The monoisotopic (exact) mass is 290 g/mol. The number of carbonyl (C=O) groups is 1. The zero-order valence-electron chi connectivity index (χ0n) is 13.6. The van der Waals surface area contributed by atoms with Gasteiger partial charge in [-0.1, -0.05) is 26.7 Å². The van der Waals surface area contributed by atoms with Crippen LogP contribution in [0.5, 0.6) is 11.5 Å². The Morgan fingerprint density at radius 2 is 1.76 bits per heavy atom. The van der Waals surface area contributed by atoms with E-state index in [9.17, 15) is 4.79 Å². The Hall–Kier alpha value is -1.51. The number of hydrogen-bond donors (Lipinski definition) is 0. The highest BCUT2D eigenvalue weighted by molar-refractivity contribution is 6.01. The summed E-state index contributed by atoms with van der Waals surface area (Å²) in [6.45, 7) is 4.39. The van der Waals surface area contributed by atoms with Crippen molar-refractivity contribution in [1.29, 1.82) is 0 Å². The largest absolute Gasteiger partial charge is 0.493 e. The summed E-state index contributed by atoms with van der Waals surface area (Å²) in [7, 11) is 3.21. The summed E-state index contributed by atoms with van der Waals surface area (Å²) < 4.78 is 10.6. The summed E-state index contributed by atoms with van der Waals surface area (Å²) in [5.41, 5.74) is 0.573. The lowest BCUT2D eigenvalue weighted by molar-refractivity contribution is 0.0759. The normalized spacial score (nSPS) is 17.0. The molecule has 3 heteroatoms. The molecule has 1 saturated carbocycles. The zero-order valence-corrected chi connectivity index (χ0v) is 13.6. The zero-order chi connectivity index (χ0) is 15.5. The van der Waals surface area contributed by atoms with Gasteiger partial charge in [0.1, 0.15) is 0 Å². The van der Waals surface area contributed by atoms with Crippen LogP contribution in [0.2, 0.25) is 0 Å². The molecule has 2 rings (SSSR count). The topological polar surface area (TPSA) is 35.5 Å². The Bertz CT molecular complexity index is 499. The van der Waals surface area contributed by atoms with E-state index in [-0.39, 0.29) is 11.2 Å². The van der Waals surface area contributed by atoms with Gasteiger partial charge < -0.3 is 9.47 Å². The van der Waals surface area contributed by atoms with Gasteiger partial charge in [-0.25, -0.2) is 0 Å². The second-order valence-electron chi connectivity index (χ2n) is 6.48. The van der Waals surface area contributed by atoms with E-state index in [4.69, 9.17) is 9.47 Å². The van der Waals surface area contributed by atoms with Crippen LogP contribution in [0.1, 0.15) is 56.3 Å². The molecule has 0 N–H and O–H groups in total. The Balaban J connectivity index is 2.33. The highest BCUT2D eigenvalue weighted by Crippen LogP contribution is 2.46. The fraction of sp³-hybridized carbons (Fsp3) is 0.611. The lowest BCUT2D eigenvalue weighted by atomic mass is 9.73. The maximum Gasteiger partial charge on any atom is 0.169 e. The third kappa shape index (κ3) is 3.22. The third-order valence-corrected chi connectivity index (χ3v) is 4.49. The predicted octanol–water partition coefficient (Wildman–Crippen LogP) is 4.49. The van der Waals surface area contributed by atoms with Crippen LogP contribution >= 0.6 is 0 Å².